The summed E-state index contributed by atoms with van der Waals surface area (Å²) in [5.74, 6) is 2.31. The Bertz CT molecular complexity index is 652. The maximum Gasteiger partial charge on any atom is 0.292 e. The molecule has 0 aromatic heterocycles. The van der Waals surface area contributed by atoms with Gasteiger partial charge < -0.3 is 20.2 Å². The zero-order chi connectivity index (χ0) is 17.8. The predicted octanol–water partition coefficient (Wildman–Crippen LogP) is 2.39. The molecule has 1 heterocycles. The lowest BCUT2D eigenvalue weighted by Crippen LogP contribution is -2.68. The van der Waals surface area contributed by atoms with Crippen LogP contribution in [0, 0.1) is 17.3 Å². The normalized spacial score (nSPS) is 39.1. The number of nitrogens with two attached hydrogens (primary N) is 1. The average molecular weight is 343 g/mol. The van der Waals surface area contributed by atoms with E-state index < -0.39 is 5.60 Å². The van der Waals surface area contributed by atoms with Crippen molar-refractivity contribution in [2.24, 2.45) is 23.0 Å². The van der Waals surface area contributed by atoms with Gasteiger partial charge in [-0.25, -0.2) is 0 Å². The molecule has 25 heavy (non-hydrogen) atoms. The van der Waals surface area contributed by atoms with Gasteiger partial charge >= 0.3 is 0 Å². The fourth-order valence-electron chi connectivity index (χ4n) is 5.47. The number of para-hydroxylation sites is 1. The monoisotopic (exact) mass is 343 g/mol. The van der Waals surface area contributed by atoms with Gasteiger partial charge in [0.05, 0.1) is 18.3 Å². The third-order valence-electron chi connectivity index (χ3n) is 7.33. The fourth-order valence-corrected chi connectivity index (χ4v) is 5.47. The molecule has 4 aliphatic rings. The first kappa shape index (κ1) is 17.4. The van der Waals surface area contributed by atoms with E-state index in [1.54, 1.807) is 0 Å². The van der Waals surface area contributed by atoms with Gasteiger partial charge in [-0.1, -0.05) is 32.0 Å². The summed E-state index contributed by atoms with van der Waals surface area (Å²) in [4.78, 5) is 0. The first-order valence-electron chi connectivity index (χ1n) is 9.61. The van der Waals surface area contributed by atoms with Crippen molar-refractivity contribution in [1.29, 1.82) is 0 Å². The molecule has 136 valence electrons. The van der Waals surface area contributed by atoms with E-state index in [4.69, 9.17) is 15.1 Å². The highest BCUT2D eigenvalue weighted by atomic mass is 16.5. The molecule has 3 fully saturated rings. The van der Waals surface area contributed by atoms with Crippen molar-refractivity contribution >= 4 is 7.48 Å². The van der Waals surface area contributed by atoms with Crippen LogP contribution < -0.4 is 10.5 Å². The molecule has 2 unspecified atom stereocenters. The van der Waals surface area contributed by atoms with Gasteiger partial charge in [-0.15, -0.1) is 0 Å². The van der Waals surface area contributed by atoms with Crippen molar-refractivity contribution in [3.63, 3.8) is 0 Å². The second kappa shape index (κ2) is 6.00. The summed E-state index contributed by atoms with van der Waals surface area (Å²) in [6, 6.07) is 8.20. The van der Waals surface area contributed by atoms with Gasteiger partial charge in [-0.3, -0.25) is 0 Å². The van der Waals surface area contributed by atoms with Crippen LogP contribution in [0.2, 0.25) is 0 Å². The van der Waals surface area contributed by atoms with Crippen LogP contribution in [0.4, 0.5) is 0 Å². The SMILES string of the molecule is CC1(C)[C@@H]2C[C@@H](O)[C@@](C)(OBC(N)CC3COc4ccccc43)[C@H]1C2. The third-order valence-corrected chi connectivity index (χ3v) is 7.33. The standard InChI is InChI=1S/C20H30BNO3/c1-19(2)13-9-16(19)20(3,17(23)10-13)25-21-18(22)8-12-11-24-15-7-5-4-6-14(12)15/h4-7,12-13,16-18,21,23H,8-11,22H2,1-3H3/t12?,13-,16-,17+,18?,20-/m0/s1. The number of fused-ring (bicyclic) bond motifs is 3. The Morgan fingerprint density at radius 3 is 2.84 bits per heavy atom. The minimum Gasteiger partial charge on any atom is -0.493 e. The Morgan fingerprint density at radius 2 is 2.08 bits per heavy atom. The maximum atomic E-state index is 10.6. The van der Waals surface area contributed by atoms with Crippen LogP contribution in [0.1, 0.15) is 51.5 Å². The smallest absolute Gasteiger partial charge is 0.292 e. The number of benzene rings is 1. The Labute approximate surface area is 151 Å². The molecule has 3 saturated carbocycles. The van der Waals surface area contributed by atoms with E-state index >= 15 is 0 Å². The number of aliphatic hydroxyl groups excluding tert-OH is 1. The van der Waals surface area contributed by atoms with Crippen LogP contribution in [0.5, 0.6) is 5.75 Å². The molecule has 0 spiro atoms. The number of ether oxygens (including phenoxy) is 1. The number of hydrogen-bond donors (Lipinski definition) is 2. The zero-order valence-electron chi connectivity index (χ0n) is 15.6. The number of rotatable bonds is 5. The first-order chi connectivity index (χ1) is 11.8. The molecule has 0 radical (unpaired) electrons. The van der Waals surface area contributed by atoms with E-state index in [0.717, 1.165) is 18.6 Å². The van der Waals surface area contributed by atoms with E-state index in [0.29, 0.717) is 31.8 Å². The molecule has 1 aromatic carbocycles. The Hall–Kier alpha value is -1.04. The summed E-state index contributed by atoms with van der Waals surface area (Å²) < 4.78 is 12.1. The van der Waals surface area contributed by atoms with Crippen molar-refractivity contribution in [2.45, 2.75) is 63.6 Å². The molecule has 6 atom stereocenters. The predicted molar refractivity (Wildman–Crippen MR) is 99.9 cm³/mol. The van der Waals surface area contributed by atoms with Crippen LogP contribution in [0.25, 0.3) is 0 Å². The lowest BCUT2D eigenvalue weighted by atomic mass is 9.43. The fraction of sp³-hybridized carbons (Fsp3) is 0.700. The zero-order valence-corrected chi connectivity index (χ0v) is 15.6. The van der Waals surface area contributed by atoms with Gasteiger partial charge in [0.25, 0.3) is 7.48 Å². The van der Waals surface area contributed by atoms with Gasteiger partial charge in [-0.05, 0) is 49.5 Å². The van der Waals surface area contributed by atoms with Gasteiger partial charge in [0.2, 0.25) is 0 Å². The number of aliphatic hydroxyl groups is 1. The van der Waals surface area contributed by atoms with Crippen molar-refractivity contribution < 1.29 is 14.5 Å². The summed E-state index contributed by atoms with van der Waals surface area (Å²) in [7, 11) is 0.490. The first-order valence-corrected chi connectivity index (χ1v) is 9.61. The van der Waals surface area contributed by atoms with Crippen molar-refractivity contribution in [3.8, 4) is 5.75 Å². The molecule has 1 aromatic rings. The molecule has 2 bridgehead atoms. The van der Waals surface area contributed by atoms with Crippen LogP contribution >= 0.6 is 0 Å². The molecular formula is C20H30BNO3. The second-order valence-electron chi connectivity index (χ2n) is 9.09. The summed E-state index contributed by atoms with van der Waals surface area (Å²) in [5.41, 5.74) is 7.44. The van der Waals surface area contributed by atoms with Crippen LogP contribution in [-0.2, 0) is 4.65 Å². The molecular weight excluding hydrogens is 313 g/mol. The molecule has 3 aliphatic carbocycles. The maximum absolute atomic E-state index is 10.6. The average Bonchev–Trinajstić information content (AvgIpc) is 2.98. The van der Waals surface area contributed by atoms with E-state index in [1.165, 1.54) is 12.0 Å². The second-order valence-corrected chi connectivity index (χ2v) is 9.09. The van der Waals surface area contributed by atoms with E-state index in [9.17, 15) is 5.11 Å². The van der Waals surface area contributed by atoms with Gasteiger partial charge in [0.15, 0.2) is 0 Å². The van der Waals surface area contributed by atoms with Crippen molar-refractivity contribution in [2.75, 3.05) is 6.61 Å². The van der Waals surface area contributed by atoms with Crippen LogP contribution in [0.15, 0.2) is 24.3 Å². The molecule has 5 heteroatoms. The van der Waals surface area contributed by atoms with Crippen LogP contribution in [0.3, 0.4) is 0 Å². The lowest BCUT2D eigenvalue weighted by molar-refractivity contribution is -0.234. The molecule has 4 nitrogen and oxygen atoms in total. The quantitative estimate of drug-likeness (QED) is 0.806. The molecule has 5 rings (SSSR count). The minimum absolute atomic E-state index is 0.0512. The highest BCUT2D eigenvalue weighted by Gasteiger charge is 2.63. The molecule has 0 amide bonds. The minimum atomic E-state index is -0.472. The summed E-state index contributed by atoms with van der Waals surface area (Å²) in [6.45, 7) is 7.41. The third kappa shape index (κ3) is 2.72. The van der Waals surface area contributed by atoms with Crippen molar-refractivity contribution in [3.05, 3.63) is 29.8 Å². The Morgan fingerprint density at radius 1 is 1.32 bits per heavy atom. The van der Waals surface area contributed by atoms with Crippen molar-refractivity contribution in [1.82, 2.24) is 0 Å². The summed E-state index contributed by atoms with van der Waals surface area (Å²) >= 11 is 0. The Balaban J connectivity index is 1.37. The van der Waals surface area contributed by atoms with Gasteiger partial charge in [-0.2, -0.15) is 0 Å². The highest BCUT2D eigenvalue weighted by Crippen LogP contribution is 2.63. The van der Waals surface area contributed by atoms with Crippen LogP contribution in [-0.4, -0.2) is 36.8 Å². The van der Waals surface area contributed by atoms with E-state index in [-0.39, 0.29) is 17.5 Å². The van der Waals surface area contributed by atoms with Gasteiger partial charge in [0, 0.05) is 17.4 Å². The van der Waals surface area contributed by atoms with E-state index in [1.807, 2.05) is 12.1 Å². The largest absolute Gasteiger partial charge is 0.493 e. The molecule has 1 aliphatic heterocycles. The lowest BCUT2D eigenvalue weighted by Gasteiger charge is -2.66. The van der Waals surface area contributed by atoms with Gasteiger partial charge in [0.1, 0.15) is 5.75 Å². The summed E-state index contributed by atoms with van der Waals surface area (Å²) in [6.07, 6.45) is 2.48. The summed E-state index contributed by atoms with van der Waals surface area (Å²) in [5, 5.41) is 10.6. The molecule has 0 saturated heterocycles. The van der Waals surface area contributed by atoms with E-state index in [2.05, 4.69) is 32.9 Å². The Kier molecular flexibility index (Phi) is 4.17. The highest BCUT2D eigenvalue weighted by molar-refractivity contribution is 6.29. The number of hydrogen-bond acceptors (Lipinski definition) is 4. The molecule has 3 N–H and O–H groups in total. The topological polar surface area (TPSA) is 64.7 Å².